The van der Waals surface area contributed by atoms with Gasteiger partial charge in [-0.25, -0.2) is 8.78 Å². The highest BCUT2D eigenvalue weighted by Crippen LogP contribution is 2.35. The van der Waals surface area contributed by atoms with Crippen molar-refractivity contribution in [3.8, 4) is 0 Å². The summed E-state index contributed by atoms with van der Waals surface area (Å²) in [5.74, 6) is -1.45. The first-order valence-corrected chi connectivity index (χ1v) is 8.03. The molecule has 1 aliphatic carbocycles. The Bertz CT molecular complexity index is 600. The minimum Gasteiger partial charge on any atom is -0.395 e. The quantitative estimate of drug-likeness (QED) is 0.896. The number of rotatable bonds is 3. The van der Waals surface area contributed by atoms with E-state index >= 15 is 0 Å². The number of hydrogen-bond acceptors (Lipinski definition) is 3. The van der Waals surface area contributed by atoms with Crippen LogP contribution in [-0.2, 0) is 16.0 Å². The van der Waals surface area contributed by atoms with E-state index in [-0.39, 0.29) is 12.5 Å². The van der Waals surface area contributed by atoms with Crippen molar-refractivity contribution in [2.24, 2.45) is 5.41 Å². The molecule has 0 spiro atoms. The van der Waals surface area contributed by atoms with E-state index in [9.17, 15) is 18.7 Å². The van der Waals surface area contributed by atoms with Gasteiger partial charge < -0.3 is 15.2 Å². The van der Waals surface area contributed by atoms with Crippen molar-refractivity contribution in [3.63, 3.8) is 0 Å². The molecule has 3 rings (SSSR count). The number of hydrogen-bond donors (Lipinski definition) is 2. The summed E-state index contributed by atoms with van der Waals surface area (Å²) in [6.07, 6.45) is 2.82. The molecule has 0 aromatic heterocycles. The Hall–Kier alpha value is -1.53. The molecule has 4 nitrogen and oxygen atoms in total. The molecule has 2 aliphatic rings. The van der Waals surface area contributed by atoms with E-state index in [1.807, 2.05) is 0 Å². The van der Waals surface area contributed by atoms with Crippen molar-refractivity contribution in [2.75, 3.05) is 19.8 Å². The van der Waals surface area contributed by atoms with Gasteiger partial charge in [0.05, 0.1) is 18.1 Å². The lowest BCUT2D eigenvalue weighted by molar-refractivity contribution is -0.141. The number of benzene rings is 1. The third kappa shape index (κ3) is 3.10. The molecule has 1 aromatic rings. The van der Waals surface area contributed by atoms with Gasteiger partial charge in [0.2, 0.25) is 5.91 Å². The van der Waals surface area contributed by atoms with Gasteiger partial charge in [-0.15, -0.1) is 0 Å². The van der Waals surface area contributed by atoms with E-state index in [4.69, 9.17) is 4.74 Å². The molecule has 0 bridgehead atoms. The van der Waals surface area contributed by atoms with Crippen LogP contribution in [0.1, 0.15) is 42.9 Å². The number of fused-ring (bicyclic) bond motifs is 1. The lowest BCUT2D eigenvalue weighted by Crippen LogP contribution is -2.48. The number of carbonyl (C=O) groups excluding carboxylic acids is 1. The number of aliphatic hydroxyl groups is 1. The summed E-state index contributed by atoms with van der Waals surface area (Å²) in [7, 11) is 0. The summed E-state index contributed by atoms with van der Waals surface area (Å²) in [5.41, 5.74) is 0.136. The van der Waals surface area contributed by atoms with E-state index in [1.54, 1.807) is 0 Å². The Balaban J connectivity index is 1.83. The monoisotopic (exact) mass is 325 g/mol. The number of amides is 1. The van der Waals surface area contributed by atoms with E-state index in [2.05, 4.69) is 5.32 Å². The van der Waals surface area contributed by atoms with Gasteiger partial charge in [-0.1, -0.05) is 0 Å². The Morgan fingerprint density at radius 1 is 1.35 bits per heavy atom. The highest BCUT2D eigenvalue weighted by atomic mass is 19.1. The molecule has 0 saturated carbocycles. The van der Waals surface area contributed by atoms with Crippen LogP contribution in [0.5, 0.6) is 0 Å². The minimum absolute atomic E-state index is 0.251. The van der Waals surface area contributed by atoms with Crippen LogP contribution in [0, 0.1) is 17.0 Å². The number of carbonyl (C=O) groups is 1. The number of aliphatic hydroxyl groups excluding tert-OH is 1. The zero-order valence-electron chi connectivity index (χ0n) is 12.9. The van der Waals surface area contributed by atoms with Gasteiger partial charge in [-0.05, 0) is 49.3 Å². The second-order valence-electron chi connectivity index (χ2n) is 6.42. The Morgan fingerprint density at radius 2 is 2.09 bits per heavy atom. The van der Waals surface area contributed by atoms with Gasteiger partial charge >= 0.3 is 0 Å². The molecule has 2 N–H and O–H groups in total. The van der Waals surface area contributed by atoms with Crippen LogP contribution in [0.2, 0.25) is 0 Å². The molecule has 126 valence electrons. The first-order chi connectivity index (χ1) is 11.1. The summed E-state index contributed by atoms with van der Waals surface area (Å²) >= 11 is 0. The molecule has 6 heteroatoms. The van der Waals surface area contributed by atoms with Gasteiger partial charge in [-0.3, -0.25) is 4.79 Å². The Labute approximate surface area is 133 Å². The Kier molecular flexibility index (Phi) is 4.64. The number of ether oxygens (including phenoxy) is 1. The van der Waals surface area contributed by atoms with Crippen LogP contribution >= 0.6 is 0 Å². The molecular weight excluding hydrogens is 304 g/mol. The molecule has 1 atom stereocenters. The maximum absolute atomic E-state index is 13.9. The summed E-state index contributed by atoms with van der Waals surface area (Å²) < 4.78 is 32.7. The molecule has 1 heterocycles. The minimum atomic E-state index is -0.859. The second kappa shape index (κ2) is 6.53. The molecule has 1 aromatic carbocycles. The van der Waals surface area contributed by atoms with Crippen LogP contribution in [0.3, 0.4) is 0 Å². The van der Waals surface area contributed by atoms with E-state index in [0.29, 0.717) is 50.0 Å². The van der Waals surface area contributed by atoms with E-state index in [0.717, 1.165) is 12.5 Å². The largest absolute Gasteiger partial charge is 0.395 e. The number of nitrogens with one attached hydrogen (secondary N) is 1. The smallest absolute Gasteiger partial charge is 0.229 e. The van der Waals surface area contributed by atoms with Crippen LogP contribution in [-0.4, -0.2) is 30.8 Å². The maximum Gasteiger partial charge on any atom is 0.229 e. The van der Waals surface area contributed by atoms with Gasteiger partial charge in [0, 0.05) is 19.3 Å². The summed E-state index contributed by atoms with van der Waals surface area (Å²) in [4.78, 5) is 12.7. The molecule has 23 heavy (non-hydrogen) atoms. The van der Waals surface area contributed by atoms with Crippen molar-refractivity contribution in [3.05, 3.63) is 34.9 Å². The molecule has 0 unspecified atom stereocenters. The highest BCUT2D eigenvalue weighted by Gasteiger charge is 2.41. The van der Waals surface area contributed by atoms with Gasteiger partial charge in [0.25, 0.3) is 0 Å². The topological polar surface area (TPSA) is 58.6 Å². The van der Waals surface area contributed by atoms with Crippen LogP contribution < -0.4 is 5.32 Å². The fourth-order valence-electron chi connectivity index (χ4n) is 3.52. The third-order valence-corrected chi connectivity index (χ3v) is 5.03. The van der Waals surface area contributed by atoms with Crippen molar-refractivity contribution >= 4 is 5.91 Å². The van der Waals surface area contributed by atoms with Gasteiger partial charge in [-0.2, -0.15) is 0 Å². The SMILES string of the molecule is O=C(N[C@H]1CCCc2c(F)cc(F)cc21)C1(CO)CCOCC1. The molecular formula is C17H21F2NO3. The summed E-state index contributed by atoms with van der Waals surface area (Å²) in [6, 6.07) is 1.78. The van der Waals surface area contributed by atoms with E-state index in [1.165, 1.54) is 6.07 Å². The maximum atomic E-state index is 13.9. The highest BCUT2D eigenvalue weighted by molar-refractivity contribution is 5.83. The van der Waals surface area contributed by atoms with Crippen molar-refractivity contribution < 1.29 is 23.4 Å². The summed E-state index contributed by atoms with van der Waals surface area (Å²) in [5, 5.41) is 12.6. The lowest BCUT2D eigenvalue weighted by Gasteiger charge is -2.36. The summed E-state index contributed by atoms with van der Waals surface area (Å²) in [6.45, 7) is 0.607. The average Bonchev–Trinajstić information content (AvgIpc) is 2.56. The first-order valence-electron chi connectivity index (χ1n) is 8.03. The zero-order chi connectivity index (χ0) is 16.4. The van der Waals surface area contributed by atoms with Crippen molar-refractivity contribution in [1.82, 2.24) is 5.32 Å². The standard InChI is InChI=1S/C17H21F2NO3/c18-11-8-13-12(14(19)9-11)2-1-3-15(13)20-16(22)17(10-21)4-6-23-7-5-17/h8-9,15,21H,1-7,10H2,(H,20,22)/t15-/m0/s1. The van der Waals surface area contributed by atoms with E-state index < -0.39 is 23.1 Å². The average molecular weight is 325 g/mol. The predicted octanol–water partition coefficient (Wildman–Crippen LogP) is 2.25. The predicted molar refractivity (Wildman–Crippen MR) is 79.8 cm³/mol. The fraction of sp³-hybridized carbons (Fsp3) is 0.588. The fourth-order valence-corrected chi connectivity index (χ4v) is 3.52. The van der Waals surface area contributed by atoms with Gasteiger partial charge in [0.15, 0.2) is 0 Å². The van der Waals surface area contributed by atoms with Crippen molar-refractivity contribution in [2.45, 2.75) is 38.1 Å². The third-order valence-electron chi connectivity index (χ3n) is 5.03. The molecule has 0 radical (unpaired) electrons. The normalized spacial score (nSPS) is 23.2. The first kappa shape index (κ1) is 16.3. The Morgan fingerprint density at radius 3 is 2.78 bits per heavy atom. The zero-order valence-corrected chi connectivity index (χ0v) is 12.9. The van der Waals surface area contributed by atoms with Gasteiger partial charge in [0.1, 0.15) is 11.6 Å². The number of halogens is 2. The van der Waals surface area contributed by atoms with Crippen molar-refractivity contribution in [1.29, 1.82) is 0 Å². The lowest BCUT2D eigenvalue weighted by atomic mass is 9.79. The van der Waals surface area contributed by atoms with Crippen LogP contribution in [0.25, 0.3) is 0 Å². The molecule has 1 fully saturated rings. The molecule has 1 amide bonds. The molecule has 1 aliphatic heterocycles. The molecule has 1 saturated heterocycles. The second-order valence-corrected chi connectivity index (χ2v) is 6.42. The van der Waals surface area contributed by atoms with Crippen LogP contribution in [0.4, 0.5) is 8.78 Å². The van der Waals surface area contributed by atoms with Crippen LogP contribution in [0.15, 0.2) is 12.1 Å².